The molecule has 3 nitrogen and oxygen atoms in total. The van der Waals surface area contributed by atoms with Crippen molar-refractivity contribution in [2.24, 2.45) is 11.7 Å². The molecule has 0 aromatic rings. The van der Waals surface area contributed by atoms with E-state index in [1.807, 2.05) is 13.8 Å². The van der Waals surface area contributed by atoms with Gasteiger partial charge < -0.3 is 15.6 Å². The summed E-state index contributed by atoms with van der Waals surface area (Å²) in [7, 11) is 0. The number of hydrogen-bond donors (Lipinski definition) is 2. The van der Waals surface area contributed by atoms with Gasteiger partial charge in [-0.1, -0.05) is 13.8 Å². The first-order chi connectivity index (χ1) is 5.58. The zero-order valence-corrected chi connectivity index (χ0v) is 8.34. The van der Waals surface area contributed by atoms with Crippen molar-refractivity contribution >= 4 is 0 Å². The number of ether oxygens (including phenoxy) is 1. The third kappa shape index (κ3) is 4.04. The third-order valence-electron chi connectivity index (χ3n) is 2.21. The van der Waals surface area contributed by atoms with Crippen LogP contribution in [0, 0.1) is 5.92 Å². The minimum absolute atomic E-state index is 0.171. The van der Waals surface area contributed by atoms with Crippen LogP contribution in [0.2, 0.25) is 0 Å². The summed E-state index contributed by atoms with van der Waals surface area (Å²) in [4.78, 5) is 0. The Morgan fingerprint density at radius 3 is 2.50 bits per heavy atom. The molecule has 0 saturated heterocycles. The Labute approximate surface area is 74.9 Å². The molecule has 0 heterocycles. The maximum absolute atomic E-state index is 8.77. The minimum Gasteiger partial charge on any atom is -0.396 e. The van der Waals surface area contributed by atoms with Gasteiger partial charge in [0.1, 0.15) is 0 Å². The highest BCUT2D eigenvalue weighted by Gasteiger charge is 2.21. The lowest BCUT2D eigenvalue weighted by Gasteiger charge is -2.28. The van der Waals surface area contributed by atoms with Gasteiger partial charge in [-0.25, -0.2) is 0 Å². The number of aliphatic hydroxyl groups is 1. The summed E-state index contributed by atoms with van der Waals surface area (Å²) < 4.78 is 5.60. The van der Waals surface area contributed by atoms with Gasteiger partial charge in [0.25, 0.3) is 0 Å². The van der Waals surface area contributed by atoms with Crippen molar-refractivity contribution in [1.29, 1.82) is 0 Å². The topological polar surface area (TPSA) is 55.5 Å². The van der Waals surface area contributed by atoms with Crippen LogP contribution in [0.25, 0.3) is 0 Å². The van der Waals surface area contributed by atoms with E-state index in [-0.39, 0.29) is 18.1 Å². The smallest absolute Gasteiger partial charge is 0.0773 e. The number of rotatable bonds is 6. The van der Waals surface area contributed by atoms with E-state index in [0.717, 1.165) is 6.42 Å². The molecule has 2 atom stereocenters. The van der Waals surface area contributed by atoms with E-state index in [0.29, 0.717) is 13.2 Å². The van der Waals surface area contributed by atoms with Crippen molar-refractivity contribution in [2.45, 2.75) is 32.8 Å². The molecule has 0 aromatic heterocycles. The van der Waals surface area contributed by atoms with Crippen molar-refractivity contribution in [1.82, 2.24) is 0 Å². The van der Waals surface area contributed by atoms with Gasteiger partial charge in [-0.15, -0.1) is 0 Å². The van der Waals surface area contributed by atoms with Gasteiger partial charge in [0.2, 0.25) is 0 Å². The van der Waals surface area contributed by atoms with E-state index >= 15 is 0 Å². The summed E-state index contributed by atoms with van der Waals surface area (Å²) in [6.45, 7) is 7.28. The Kier molecular flexibility index (Phi) is 5.46. The van der Waals surface area contributed by atoms with Gasteiger partial charge in [-0.3, -0.25) is 0 Å². The minimum atomic E-state index is -0.219. The van der Waals surface area contributed by atoms with Crippen LogP contribution < -0.4 is 5.73 Å². The fraction of sp³-hybridized carbons (Fsp3) is 1.00. The average molecular weight is 175 g/mol. The molecule has 0 amide bonds. The molecule has 0 spiro atoms. The summed E-state index contributed by atoms with van der Waals surface area (Å²) in [6.07, 6.45) is 0.904. The largest absolute Gasteiger partial charge is 0.396 e. The van der Waals surface area contributed by atoms with Gasteiger partial charge in [-0.2, -0.15) is 0 Å². The van der Waals surface area contributed by atoms with Gasteiger partial charge in [-0.05, 0) is 13.3 Å². The van der Waals surface area contributed by atoms with Crippen molar-refractivity contribution in [3.8, 4) is 0 Å². The van der Waals surface area contributed by atoms with Crippen molar-refractivity contribution in [3.05, 3.63) is 0 Å². The quantitative estimate of drug-likeness (QED) is 0.626. The lowest BCUT2D eigenvalue weighted by Crippen LogP contribution is -2.38. The lowest BCUT2D eigenvalue weighted by atomic mass is 10.0. The van der Waals surface area contributed by atoms with Crippen molar-refractivity contribution in [3.63, 3.8) is 0 Å². The number of hydrogen-bond acceptors (Lipinski definition) is 3. The second-order valence-corrected chi connectivity index (χ2v) is 3.61. The van der Waals surface area contributed by atoms with Gasteiger partial charge >= 0.3 is 0 Å². The molecule has 3 heteroatoms. The monoisotopic (exact) mass is 175 g/mol. The second-order valence-electron chi connectivity index (χ2n) is 3.61. The second kappa shape index (κ2) is 5.51. The predicted molar refractivity (Wildman–Crippen MR) is 50.0 cm³/mol. The Hall–Kier alpha value is -0.120. The Balaban J connectivity index is 3.72. The molecule has 2 unspecified atom stereocenters. The molecule has 3 N–H and O–H groups in total. The Morgan fingerprint density at radius 1 is 1.58 bits per heavy atom. The van der Waals surface area contributed by atoms with E-state index in [1.54, 1.807) is 0 Å². The van der Waals surface area contributed by atoms with Crippen LogP contribution >= 0.6 is 0 Å². The first-order valence-electron chi connectivity index (χ1n) is 4.53. The molecule has 12 heavy (non-hydrogen) atoms. The van der Waals surface area contributed by atoms with E-state index in [4.69, 9.17) is 15.6 Å². The molecular formula is C9H21NO2. The first kappa shape index (κ1) is 11.9. The zero-order valence-electron chi connectivity index (χ0n) is 8.34. The first-order valence-corrected chi connectivity index (χ1v) is 4.53. The molecule has 0 aromatic carbocycles. The van der Waals surface area contributed by atoms with Crippen LogP contribution in [0.15, 0.2) is 0 Å². The van der Waals surface area contributed by atoms with Gasteiger partial charge in [0.05, 0.1) is 12.2 Å². The maximum atomic E-state index is 8.77. The molecule has 0 bridgehead atoms. The molecule has 0 radical (unpaired) electrons. The molecule has 0 aliphatic rings. The average Bonchev–Trinajstić information content (AvgIpc) is 2.13. The molecule has 74 valence electrons. The normalized spacial score (nSPS) is 18.8. The van der Waals surface area contributed by atoms with Crippen LogP contribution in [0.3, 0.4) is 0 Å². The number of nitrogens with two attached hydrogens (primary N) is 1. The van der Waals surface area contributed by atoms with Crippen LogP contribution in [-0.4, -0.2) is 30.5 Å². The third-order valence-corrected chi connectivity index (χ3v) is 2.21. The highest BCUT2D eigenvalue weighted by atomic mass is 16.5. The fourth-order valence-electron chi connectivity index (χ4n) is 0.701. The van der Waals surface area contributed by atoms with Gasteiger partial charge in [0.15, 0.2) is 0 Å². The van der Waals surface area contributed by atoms with Crippen molar-refractivity contribution < 1.29 is 9.84 Å². The summed E-state index contributed by atoms with van der Waals surface area (Å²) in [6, 6.07) is 0. The van der Waals surface area contributed by atoms with E-state index in [1.165, 1.54) is 0 Å². The highest BCUT2D eigenvalue weighted by Crippen LogP contribution is 2.14. The molecule has 0 aliphatic heterocycles. The van der Waals surface area contributed by atoms with E-state index in [2.05, 4.69) is 6.92 Å². The lowest BCUT2D eigenvalue weighted by molar-refractivity contribution is -0.0483. The summed E-state index contributed by atoms with van der Waals surface area (Å²) in [5.74, 6) is 0.197. The zero-order chi connectivity index (χ0) is 9.61. The molecule has 0 fully saturated rings. The SMILES string of the molecule is CCC(C)(CN)OCC(C)CO. The Morgan fingerprint density at radius 2 is 2.17 bits per heavy atom. The maximum Gasteiger partial charge on any atom is 0.0773 e. The molecule has 0 aliphatic carbocycles. The van der Waals surface area contributed by atoms with Crippen LogP contribution in [0.1, 0.15) is 27.2 Å². The van der Waals surface area contributed by atoms with Crippen molar-refractivity contribution in [2.75, 3.05) is 19.8 Å². The Bertz CT molecular complexity index is 113. The molecule has 0 saturated carbocycles. The van der Waals surface area contributed by atoms with Crippen LogP contribution in [0.5, 0.6) is 0 Å². The highest BCUT2D eigenvalue weighted by molar-refractivity contribution is 4.74. The summed E-state index contributed by atoms with van der Waals surface area (Å²) >= 11 is 0. The standard InChI is InChI=1S/C9H21NO2/c1-4-9(3,7-10)12-6-8(2)5-11/h8,11H,4-7,10H2,1-3H3. The van der Waals surface area contributed by atoms with E-state index in [9.17, 15) is 0 Å². The van der Waals surface area contributed by atoms with Crippen LogP contribution in [-0.2, 0) is 4.74 Å². The number of aliphatic hydroxyl groups excluding tert-OH is 1. The summed E-state index contributed by atoms with van der Waals surface area (Å²) in [5, 5.41) is 8.77. The molecular weight excluding hydrogens is 154 g/mol. The summed E-state index contributed by atoms with van der Waals surface area (Å²) in [5.41, 5.74) is 5.34. The van der Waals surface area contributed by atoms with Gasteiger partial charge in [0, 0.05) is 19.1 Å². The fourth-order valence-corrected chi connectivity index (χ4v) is 0.701. The predicted octanol–water partition coefficient (Wildman–Crippen LogP) is 0.759. The van der Waals surface area contributed by atoms with E-state index < -0.39 is 0 Å². The van der Waals surface area contributed by atoms with Crippen LogP contribution in [0.4, 0.5) is 0 Å². The molecule has 0 rings (SSSR count).